The molecule has 1 heterocycles. The standard InChI is InChI=1S/C18H15N3O7/c22-14(23)8-28-13-4-3-12(21(26)27)6-11(13)7-19-20-17(24)15-9-1-2-10(5-9)16(15)18(20)25/h1-4,6-7,9-10,15-16H,5,8H2,(H,22,23)/t9-,10-,15-,16+/m0/s1. The Kier molecular flexibility index (Phi) is 4.17. The quantitative estimate of drug-likeness (QED) is 0.255. The van der Waals surface area contributed by atoms with Crippen molar-refractivity contribution in [3.63, 3.8) is 0 Å². The average molecular weight is 385 g/mol. The lowest BCUT2D eigenvalue weighted by molar-refractivity contribution is -0.384. The summed E-state index contributed by atoms with van der Waals surface area (Å²) >= 11 is 0. The molecule has 0 spiro atoms. The van der Waals surface area contributed by atoms with Gasteiger partial charge in [0.05, 0.1) is 23.0 Å². The van der Waals surface area contributed by atoms with Gasteiger partial charge < -0.3 is 9.84 Å². The van der Waals surface area contributed by atoms with Crippen LogP contribution in [-0.4, -0.2) is 45.6 Å². The summed E-state index contributed by atoms with van der Waals surface area (Å²) in [4.78, 5) is 46.3. The van der Waals surface area contributed by atoms with Crippen LogP contribution >= 0.6 is 0 Å². The molecule has 0 radical (unpaired) electrons. The van der Waals surface area contributed by atoms with Crippen LogP contribution in [0.2, 0.25) is 0 Å². The highest BCUT2D eigenvalue weighted by Gasteiger charge is 2.59. The Bertz CT molecular complexity index is 924. The molecule has 1 aromatic rings. The van der Waals surface area contributed by atoms with Gasteiger partial charge in [-0.15, -0.1) is 0 Å². The van der Waals surface area contributed by atoms with Crippen molar-refractivity contribution in [3.05, 3.63) is 46.0 Å². The molecule has 2 bridgehead atoms. The molecule has 1 saturated carbocycles. The number of carbonyl (C=O) groups excluding carboxylic acids is 2. The number of imide groups is 1. The zero-order valence-electron chi connectivity index (χ0n) is 14.4. The number of non-ortho nitro benzene ring substituents is 1. The molecule has 0 aromatic heterocycles. The third-order valence-electron chi connectivity index (χ3n) is 5.31. The van der Waals surface area contributed by atoms with Crippen LogP contribution in [0.4, 0.5) is 5.69 Å². The summed E-state index contributed by atoms with van der Waals surface area (Å²) in [5.74, 6) is -2.69. The normalized spacial score (nSPS) is 27.6. The molecule has 0 unspecified atom stereocenters. The number of nitrogens with zero attached hydrogens (tertiary/aromatic N) is 3. The molecule has 10 nitrogen and oxygen atoms in total. The summed E-state index contributed by atoms with van der Waals surface area (Å²) < 4.78 is 5.11. The van der Waals surface area contributed by atoms with Gasteiger partial charge in [0, 0.05) is 17.7 Å². The van der Waals surface area contributed by atoms with Crippen molar-refractivity contribution in [2.24, 2.45) is 28.8 Å². The smallest absolute Gasteiger partial charge is 0.341 e. The number of aliphatic carboxylic acids is 1. The molecular formula is C18H15N3O7. The first-order chi connectivity index (χ1) is 13.4. The first-order valence-electron chi connectivity index (χ1n) is 8.60. The fraction of sp³-hybridized carbons (Fsp3) is 0.333. The third kappa shape index (κ3) is 2.82. The van der Waals surface area contributed by atoms with E-state index in [0.717, 1.165) is 29.8 Å². The summed E-state index contributed by atoms with van der Waals surface area (Å²) in [6, 6.07) is 3.54. The van der Waals surface area contributed by atoms with Crippen LogP contribution in [0.1, 0.15) is 12.0 Å². The van der Waals surface area contributed by atoms with Crippen molar-refractivity contribution < 1.29 is 29.2 Å². The van der Waals surface area contributed by atoms with E-state index < -0.39 is 29.3 Å². The molecule has 1 N–H and O–H groups in total. The highest BCUT2D eigenvalue weighted by molar-refractivity contribution is 6.07. The zero-order valence-corrected chi connectivity index (χ0v) is 14.4. The van der Waals surface area contributed by atoms with Crippen molar-refractivity contribution in [2.75, 3.05) is 6.61 Å². The SMILES string of the molecule is O=C(O)COc1ccc([N+](=O)[O-])cc1C=NN1C(=O)[C@@H]2[C@H](C1=O)[C@H]1C=C[C@H]2C1. The molecule has 144 valence electrons. The molecule has 2 fully saturated rings. The van der Waals surface area contributed by atoms with E-state index in [2.05, 4.69) is 5.10 Å². The average Bonchev–Trinajstić information content (AvgIpc) is 3.33. The molecule has 10 heteroatoms. The Labute approximate surface area is 158 Å². The van der Waals surface area contributed by atoms with Crippen LogP contribution in [0.25, 0.3) is 0 Å². The van der Waals surface area contributed by atoms with E-state index >= 15 is 0 Å². The van der Waals surface area contributed by atoms with E-state index in [9.17, 15) is 24.5 Å². The van der Waals surface area contributed by atoms with Crippen molar-refractivity contribution in [1.29, 1.82) is 0 Å². The number of fused-ring (bicyclic) bond motifs is 5. The van der Waals surface area contributed by atoms with Crippen LogP contribution in [0.15, 0.2) is 35.5 Å². The van der Waals surface area contributed by atoms with Crippen LogP contribution in [0.5, 0.6) is 5.75 Å². The number of carbonyl (C=O) groups is 3. The molecule has 2 amide bonds. The van der Waals surface area contributed by atoms with E-state index in [-0.39, 0.29) is 40.7 Å². The van der Waals surface area contributed by atoms with Gasteiger partial charge in [-0.05, 0) is 24.3 Å². The van der Waals surface area contributed by atoms with Crippen LogP contribution in [-0.2, 0) is 14.4 Å². The molecule has 3 aliphatic rings. The van der Waals surface area contributed by atoms with E-state index in [0.29, 0.717) is 0 Å². The van der Waals surface area contributed by atoms with Gasteiger partial charge in [0.25, 0.3) is 17.5 Å². The van der Waals surface area contributed by atoms with Gasteiger partial charge in [0.2, 0.25) is 0 Å². The third-order valence-corrected chi connectivity index (χ3v) is 5.31. The monoisotopic (exact) mass is 385 g/mol. The lowest BCUT2D eigenvalue weighted by Gasteiger charge is -2.13. The van der Waals surface area contributed by atoms with Crippen LogP contribution in [0.3, 0.4) is 0 Å². The molecule has 1 saturated heterocycles. The Balaban J connectivity index is 1.61. The minimum absolute atomic E-state index is 0.0396. The highest BCUT2D eigenvalue weighted by atomic mass is 16.6. The van der Waals surface area contributed by atoms with Gasteiger partial charge in [0.15, 0.2) is 6.61 Å². The second kappa shape index (κ2) is 6.55. The minimum Gasteiger partial charge on any atom is -0.481 e. The van der Waals surface area contributed by atoms with E-state index in [4.69, 9.17) is 9.84 Å². The van der Waals surface area contributed by atoms with Crippen LogP contribution in [0, 0.1) is 33.8 Å². The van der Waals surface area contributed by atoms with Crippen molar-refractivity contribution in [3.8, 4) is 5.75 Å². The Morgan fingerprint density at radius 2 is 1.93 bits per heavy atom. The first-order valence-corrected chi connectivity index (χ1v) is 8.60. The number of carboxylic acid groups (broad SMARTS) is 1. The molecule has 2 aliphatic carbocycles. The van der Waals surface area contributed by atoms with E-state index in [1.165, 1.54) is 6.07 Å². The molecule has 4 atom stereocenters. The maximum absolute atomic E-state index is 12.6. The summed E-state index contributed by atoms with van der Waals surface area (Å²) in [7, 11) is 0. The van der Waals surface area contributed by atoms with E-state index in [1.807, 2.05) is 12.2 Å². The Hall–Kier alpha value is -3.56. The van der Waals surface area contributed by atoms with Gasteiger partial charge in [-0.3, -0.25) is 19.7 Å². The maximum Gasteiger partial charge on any atom is 0.341 e. The highest BCUT2D eigenvalue weighted by Crippen LogP contribution is 2.52. The van der Waals surface area contributed by atoms with Crippen molar-refractivity contribution >= 4 is 29.7 Å². The van der Waals surface area contributed by atoms with Gasteiger partial charge in [-0.25, -0.2) is 4.79 Å². The fourth-order valence-electron chi connectivity index (χ4n) is 4.14. The summed E-state index contributed by atoms with van der Waals surface area (Å²) in [6.07, 6.45) is 5.82. The van der Waals surface area contributed by atoms with E-state index in [1.54, 1.807) is 0 Å². The second-order valence-corrected chi connectivity index (χ2v) is 6.89. The largest absolute Gasteiger partial charge is 0.481 e. The summed E-state index contributed by atoms with van der Waals surface area (Å²) in [6.45, 7) is -0.653. The van der Waals surface area contributed by atoms with Crippen molar-refractivity contribution in [2.45, 2.75) is 6.42 Å². The molecule has 28 heavy (non-hydrogen) atoms. The number of nitro groups is 1. The van der Waals surface area contributed by atoms with Crippen LogP contribution < -0.4 is 4.74 Å². The Morgan fingerprint density at radius 3 is 2.50 bits per heavy atom. The molecule has 4 rings (SSSR count). The number of hydrazone groups is 1. The van der Waals surface area contributed by atoms with Gasteiger partial charge in [-0.2, -0.15) is 10.1 Å². The van der Waals surface area contributed by atoms with Crippen molar-refractivity contribution in [1.82, 2.24) is 5.01 Å². The maximum atomic E-state index is 12.6. The fourth-order valence-corrected chi connectivity index (χ4v) is 4.14. The Morgan fingerprint density at radius 1 is 1.29 bits per heavy atom. The van der Waals surface area contributed by atoms with Gasteiger partial charge in [-0.1, -0.05) is 12.2 Å². The second-order valence-electron chi connectivity index (χ2n) is 6.89. The van der Waals surface area contributed by atoms with Gasteiger partial charge in [0.1, 0.15) is 5.75 Å². The number of amides is 2. The number of carboxylic acids is 1. The number of benzene rings is 1. The number of nitro benzene ring substituents is 1. The number of hydrogen-bond acceptors (Lipinski definition) is 7. The summed E-state index contributed by atoms with van der Waals surface area (Å²) in [5, 5.41) is 24.5. The molecular weight excluding hydrogens is 370 g/mol. The lowest BCUT2D eigenvalue weighted by Crippen LogP contribution is -2.28. The molecule has 1 aromatic carbocycles. The lowest BCUT2D eigenvalue weighted by atomic mass is 9.85. The topological polar surface area (TPSA) is 139 Å². The zero-order chi connectivity index (χ0) is 20.0. The number of allylic oxidation sites excluding steroid dienone is 2. The van der Waals surface area contributed by atoms with Gasteiger partial charge >= 0.3 is 5.97 Å². The predicted molar refractivity (Wildman–Crippen MR) is 93.4 cm³/mol. The first kappa shape index (κ1) is 17.8. The molecule has 1 aliphatic heterocycles. The predicted octanol–water partition coefficient (Wildman–Crippen LogP) is 1.20. The minimum atomic E-state index is -1.22. The number of rotatable bonds is 6. The summed E-state index contributed by atoms with van der Waals surface area (Å²) in [5.41, 5.74) is -0.170. The number of hydrogen-bond donors (Lipinski definition) is 1. The number of ether oxygens (including phenoxy) is 1.